The molecule has 1 aromatic carbocycles. The highest BCUT2D eigenvalue weighted by molar-refractivity contribution is 5.96. The second-order valence-corrected chi connectivity index (χ2v) is 6.19. The largest absolute Gasteiger partial charge is 0.497 e. The van der Waals surface area contributed by atoms with Crippen LogP contribution in [0, 0.1) is 0 Å². The van der Waals surface area contributed by atoms with Crippen molar-refractivity contribution in [3.05, 3.63) is 58.3 Å². The molecule has 0 amide bonds. The van der Waals surface area contributed by atoms with Gasteiger partial charge in [0.05, 0.1) is 19.8 Å². The average Bonchev–Trinajstić information content (AvgIpc) is 3.28. The first-order chi connectivity index (χ1) is 13.1. The number of nitrogens with one attached hydrogen (secondary N) is 2. The number of hydrogen-bond donors (Lipinski definition) is 2. The number of pyridine rings is 1. The van der Waals surface area contributed by atoms with E-state index in [2.05, 4.69) is 15.2 Å². The lowest BCUT2D eigenvalue weighted by Gasteiger charge is -2.11. The maximum Gasteiger partial charge on any atom is 0.341 e. The Bertz CT molecular complexity index is 1150. The van der Waals surface area contributed by atoms with Crippen LogP contribution in [-0.4, -0.2) is 39.9 Å². The summed E-state index contributed by atoms with van der Waals surface area (Å²) >= 11 is 0. The predicted octanol–water partition coefficient (Wildman–Crippen LogP) is 2.20. The van der Waals surface area contributed by atoms with E-state index in [0.29, 0.717) is 24.2 Å². The zero-order valence-electron chi connectivity index (χ0n) is 14.9. The number of esters is 1. The van der Waals surface area contributed by atoms with Gasteiger partial charge in [-0.15, -0.1) is 0 Å². The van der Waals surface area contributed by atoms with E-state index >= 15 is 0 Å². The van der Waals surface area contributed by atoms with Gasteiger partial charge in [-0.2, -0.15) is 5.10 Å². The Kier molecular flexibility index (Phi) is 4.15. The van der Waals surface area contributed by atoms with E-state index in [1.165, 1.54) is 7.11 Å². The van der Waals surface area contributed by atoms with Gasteiger partial charge in [0.15, 0.2) is 0 Å². The number of ether oxygens (including phenoxy) is 2. The number of nitrogens with zero attached hydrogens (tertiary/aromatic N) is 2. The van der Waals surface area contributed by atoms with Crippen LogP contribution < -0.4 is 10.3 Å². The zero-order valence-corrected chi connectivity index (χ0v) is 14.9. The summed E-state index contributed by atoms with van der Waals surface area (Å²) in [4.78, 5) is 27.3. The fourth-order valence-electron chi connectivity index (χ4n) is 3.22. The summed E-state index contributed by atoms with van der Waals surface area (Å²) in [7, 11) is 2.94. The molecule has 4 rings (SSSR count). The highest BCUT2D eigenvalue weighted by atomic mass is 16.5. The minimum atomic E-state index is -0.530. The van der Waals surface area contributed by atoms with Gasteiger partial charge in [0, 0.05) is 36.0 Å². The second kappa shape index (κ2) is 6.64. The van der Waals surface area contributed by atoms with Crippen molar-refractivity contribution in [2.45, 2.75) is 13.0 Å². The van der Waals surface area contributed by atoms with Crippen LogP contribution >= 0.6 is 0 Å². The summed E-state index contributed by atoms with van der Waals surface area (Å²) in [6.07, 6.45) is 6.02. The molecule has 0 bridgehead atoms. The molecule has 2 aliphatic heterocycles. The molecule has 138 valence electrons. The van der Waals surface area contributed by atoms with E-state index in [1.54, 1.807) is 19.5 Å². The molecule has 0 spiro atoms. The number of carbonyl (C=O) groups excluding carboxylic acids is 1. The smallest absolute Gasteiger partial charge is 0.341 e. The molecular weight excluding hydrogens is 348 g/mol. The number of benzene rings is 1. The van der Waals surface area contributed by atoms with Gasteiger partial charge in [-0.25, -0.2) is 9.89 Å². The first-order valence-corrected chi connectivity index (χ1v) is 8.41. The van der Waals surface area contributed by atoms with E-state index in [0.717, 1.165) is 22.2 Å². The van der Waals surface area contributed by atoms with E-state index in [4.69, 9.17) is 9.47 Å². The molecule has 0 unspecified atom stereocenters. The lowest BCUT2D eigenvalue weighted by atomic mass is 10.1. The fraction of sp³-hybridized carbons (Fsp3) is 0.211. The third-order valence-corrected chi connectivity index (χ3v) is 4.63. The highest BCUT2D eigenvalue weighted by Crippen LogP contribution is 2.25. The molecule has 8 heteroatoms. The minimum absolute atomic E-state index is 0.258. The number of fused-ring (bicyclic) bond motifs is 2. The van der Waals surface area contributed by atoms with Crippen molar-refractivity contribution in [2.75, 3.05) is 14.2 Å². The molecule has 2 aliphatic rings. The van der Waals surface area contributed by atoms with Gasteiger partial charge in [0.2, 0.25) is 0 Å². The van der Waals surface area contributed by atoms with Crippen LogP contribution in [0.15, 0.2) is 41.6 Å². The lowest BCUT2D eigenvalue weighted by Crippen LogP contribution is -2.12. The monoisotopic (exact) mass is 366 g/mol. The van der Waals surface area contributed by atoms with Crippen molar-refractivity contribution in [3.8, 4) is 17.0 Å². The molecule has 27 heavy (non-hydrogen) atoms. The Morgan fingerprint density at radius 2 is 2.11 bits per heavy atom. The van der Waals surface area contributed by atoms with Gasteiger partial charge in [0.1, 0.15) is 17.0 Å². The first-order valence-electron chi connectivity index (χ1n) is 8.41. The average molecular weight is 366 g/mol. The Morgan fingerprint density at radius 3 is 2.89 bits per heavy atom. The molecule has 2 aromatic rings. The molecular formula is C19H18N4O4. The summed E-state index contributed by atoms with van der Waals surface area (Å²) in [5.41, 5.74) is 2.75. The molecule has 2 N–H and O–H groups in total. The van der Waals surface area contributed by atoms with Crippen molar-refractivity contribution in [3.63, 3.8) is 0 Å². The molecule has 0 saturated heterocycles. The predicted molar refractivity (Wildman–Crippen MR) is 99.4 cm³/mol. The summed E-state index contributed by atoms with van der Waals surface area (Å²) in [6.45, 7) is 0.578. The van der Waals surface area contributed by atoms with Crippen molar-refractivity contribution in [2.24, 2.45) is 0 Å². The topological polar surface area (TPSA) is 102 Å². The Balaban J connectivity index is 1.68. The molecule has 0 saturated carbocycles. The Hall–Kier alpha value is -3.55. The number of aromatic amines is 2. The third kappa shape index (κ3) is 2.95. The van der Waals surface area contributed by atoms with Crippen LogP contribution in [0.3, 0.4) is 0 Å². The lowest BCUT2D eigenvalue weighted by molar-refractivity contribution is 0.0600. The van der Waals surface area contributed by atoms with E-state index < -0.39 is 5.97 Å². The van der Waals surface area contributed by atoms with Gasteiger partial charge in [0.25, 0.3) is 5.56 Å². The highest BCUT2D eigenvalue weighted by Gasteiger charge is 2.21. The van der Waals surface area contributed by atoms with Crippen molar-refractivity contribution >= 4 is 16.9 Å². The third-order valence-electron chi connectivity index (χ3n) is 4.63. The molecule has 0 atom stereocenters. The van der Waals surface area contributed by atoms with E-state index in [1.807, 2.05) is 29.0 Å². The number of aromatic nitrogens is 4. The summed E-state index contributed by atoms with van der Waals surface area (Å²) in [6, 6.07) is 5.87. The molecule has 3 heterocycles. The Labute approximate surface area is 154 Å². The van der Waals surface area contributed by atoms with Crippen molar-refractivity contribution in [1.29, 1.82) is 0 Å². The van der Waals surface area contributed by atoms with Crippen LogP contribution in [0.5, 0.6) is 5.75 Å². The second-order valence-electron chi connectivity index (χ2n) is 6.19. The van der Waals surface area contributed by atoms with Crippen LogP contribution in [0.2, 0.25) is 0 Å². The van der Waals surface area contributed by atoms with E-state index in [-0.39, 0.29) is 11.1 Å². The number of aryl methyl sites for hydroxylation is 2. The number of H-pyrrole nitrogens is 2. The number of rotatable bonds is 5. The van der Waals surface area contributed by atoms with Crippen molar-refractivity contribution in [1.82, 2.24) is 19.7 Å². The molecule has 1 aromatic heterocycles. The zero-order chi connectivity index (χ0) is 19.0. The minimum Gasteiger partial charge on any atom is -0.497 e. The molecule has 0 radical (unpaired) electrons. The fourth-order valence-corrected chi connectivity index (χ4v) is 3.22. The van der Waals surface area contributed by atoms with Crippen molar-refractivity contribution < 1.29 is 14.3 Å². The van der Waals surface area contributed by atoms with Crippen LogP contribution in [0.25, 0.3) is 22.2 Å². The summed E-state index contributed by atoms with van der Waals surface area (Å²) in [5.74, 6) is 0.262. The standard InChI is InChI=1S/C19H18N4O4/c1-26-12-3-4-16-13(7-12)11(8-20-16)5-6-23-9-14-17(21-22-18(14)24)15(10-23)19(25)27-2/h3-4,7-10,20H,5-6H2,1-2H3,(H,22,24). The quantitative estimate of drug-likeness (QED) is 0.527. The number of methoxy groups -OCH3 is 2. The number of carbonyl (C=O) groups is 1. The maximum absolute atomic E-state index is 12.1. The van der Waals surface area contributed by atoms with Crippen LogP contribution in [-0.2, 0) is 17.7 Å². The van der Waals surface area contributed by atoms with Gasteiger partial charge in [-0.05, 0) is 30.2 Å². The van der Waals surface area contributed by atoms with Gasteiger partial charge in [-0.3, -0.25) is 4.79 Å². The van der Waals surface area contributed by atoms with Gasteiger partial charge < -0.3 is 19.0 Å². The van der Waals surface area contributed by atoms with E-state index in [9.17, 15) is 9.59 Å². The van der Waals surface area contributed by atoms with Crippen LogP contribution in [0.4, 0.5) is 0 Å². The SMILES string of the molecule is COC(=O)c1cn(CCc2c[nH]c3ccc(OC)cc23)cc2c(=O)[nH]nc1-2. The molecule has 8 nitrogen and oxygen atoms in total. The summed E-state index contributed by atoms with van der Waals surface area (Å²) < 4.78 is 11.9. The summed E-state index contributed by atoms with van der Waals surface area (Å²) in [5, 5.41) is 7.39. The first kappa shape index (κ1) is 16.9. The van der Waals surface area contributed by atoms with Gasteiger partial charge >= 0.3 is 5.97 Å². The normalized spacial score (nSPS) is 11.2. The maximum atomic E-state index is 12.1. The van der Waals surface area contributed by atoms with Gasteiger partial charge in [-0.1, -0.05) is 0 Å². The Morgan fingerprint density at radius 1 is 1.26 bits per heavy atom. The molecule has 0 aliphatic carbocycles. The van der Waals surface area contributed by atoms with Crippen LogP contribution in [0.1, 0.15) is 15.9 Å². The molecule has 0 fully saturated rings. The number of hydrogen-bond acceptors (Lipinski definition) is 5.